The number of hydrogen-bond donors (Lipinski definition) is 2. The second kappa shape index (κ2) is 6.54. The van der Waals surface area contributed by atoms with Gasteiger partial charge in [0.15, 0.2) is 5.54 Å². The Balaban J connectivity index is 1.81. The van der Waals surface area contributed by atoms with Gasteiger partial charge in [-0.1, -0.05) is 30.3 Å². The van der Waals surface area contributed by atoms with Gasteiger partial charge in [-0.05, 0) is 25.3 Å². The highest BCUT2D eigenvalue weighted by atomic mass is 16.4. The summed E-state index contributed by atoms with van der Waals surface area (Å²) in [4.78, 5) is 36.4. The molecule has 1 amide bonds. The average Bonchev–Trinajstić information content (AvgIpc) is 2.91. The van der Waals surface area contributed by atoms with E-state index in [1.807, 2.05) is 0 Å². The zero-order chi connectivity index (χ0) is 18.0. The van der Waals surface area contributed by atoms with Gasteiger partial charge in [0.25, 0.3) is 0 Å². The largest absolute Gasteiger partial charge is 0.479 e. The van der Waals surface area contributed by atoms with Gasteiger partial charge >= 0.3 is 11.7 Å². The lowest BCUT2D eigenvalue weighted by atomic mass is 9.92. The molecule has 0 aliphatic carbocycles. The maximum absolute atomic E-state index is 12.4. The quantitative estimate of drug-likeness (QED) is 0.821. The Hall–Kier alpha value is -2.90. The molecule has 8 nitrogen and oxygen atoms in total. The van der Waals surface area contributed by atoms with E-state index in [9.17, 15) is 19.5 Å². The maximum Gasteiger partial charge on any atom is 0.346 e. The lowest BCUT2D eigenvalue weighted by Crippen LogP contribution is -2.51. The summed E-state index contributed by atoms with van der Waals surface area (Å²) in [6, 6.07) is 8.45. The van der Waals surface area contributed by atoms with Crippen molar-refractivity contribution >= 4 is 11.9 Å². The molecular weight excluding hydrogens is 324 g/mol. The molecule has 1 aliphatic rings. The third-order valence-electron chi connectivity index (χ3n) is 4.49. The highest BCUT2D eigenvalue weighted by Crippen LogP contribution is 2.21. The highest BCUT2D eigenvalue weighted by Gasteiger charge is 2.37. The van der Waals surface area contributed by atoms with Crippen LogP contribution in [0.15, 0.2) is 35.1 Å². The first-order valence-corrected chi connectivity index (χ1v) is 8.18. The lowest BCUT2D eigenvalue weighted by Gasteiger charge is -2.26. The number of rotatable bonds is 5. The SMILES string of the molecule is C[C@](NC(=O)Cn1nc2n(c1=O)CCCC2)(C(=O)O)c1ccccc1. The van der Waals surface area contributed by atoms with E-state index in [-0.39, 0.29) is 12.2 Å². The summed E-state index contributed by atoms with van der Waals surface area (Å²) in [5.41, 5.74) is -1.46. The van der Waals surface area contributed by atoms with Crippen molar-refractivity contribution in [1.82, 2.24) is 19.7 Å². The fourth-order valence-electron chi connectivity index (χ4n) is 3.03. The van der Waals surface area contributed by atoms with Crippen molar-refractivity contribution in [1.29, 1.82) is 0 Å². The normalized spacial score (nSPS) is 15.9. The van der Waals surface area contributed by atoms with Crippen molar-refractivity contribution in [3.63, 3.8) is 0 Å². The first-order valence-electron chi connectivity index (χ1n) is 8.18. The van der Waals surface area contributed by atoms with Crippen molar-refractivity contribution < 1.29 is 14.7 Å². The standard InChI is InChI=1S/C17H20N4O4/c1-17(15(23)24,12-7-3-2-4-8-12)18-14(22)11-21-16(25)20-10-6-5-9-13(20)19-21/h2-4,7-8H,5-6,9-11H2,1H3,(H,18,22)(H,23,24)/t17-/m1/s1. The van der Waals surface area contributed by atoms with Crippen LogP contribution >= 0.6 is 0 Å². The van der Waals surface area contributed by atoms with E-state index in [0.717, 1.165) is 17.5 Å². The minimum atomic E-state index is -1.58. The monoisotopic (exact) mass is 344 g/mol. The molecule has 1 aromatic carbocycles. The summed E-state index contributed by atoms with van der Waals surface area (Å²) >= 11 is 0. The van der Waals surface area contributed by atoms with Crippen LogP contribution in [-0.4, -0.2) is 31.3 Å². The molecular formula is C17H20N4O4. The van der Waals surface area contributed by atoms with E-state index in [2.05, 4.69) is 10.4 Å². The molecule has 8 heteroatoms. The number of benzene rings is 1. The number of carboxylic acids is 1. The van der Waals surface area contributed by atoms with Crippen LogP contribution < -0.4 is 11.0 Å². The van der Waals surface area contributed by atoms with Gasteiger partial charge in [-0.3, -0.25) is 9.36 Å². The summed E-state index contributed by atoms with van der Waals surface area (Å²) in [5, 5.41) is 16.3. The van der Waals surface area contributed by atoms with Crippen LogP contribution in [0.1, 0.15) is 31.2 Å². The Morgan fingerprint density at radius 3 is 2.64 bits per heavy atom. The molecule has 1 atom stereocenters. The van der Waals surface area contributed by atoms with E-state index < -0.39 is 17.4 Å². The smallest absolute Gasteiger partial charge is 0.346 e. The second-order valence-electron chi connectivity index (χ2n) is 6.31. The van der Waals surface area contributed by atoms with Crippen LogP contribution in [-0.2, 0) is 34.6 Å². The molecule has 25 heavy (non-hydrogen) atoms. The number of aromatic nitrogens is 3. The molecule has 0 saturated carbocycles. The van der Waals surface area contributed by atoms with Gasteiger partial charge in [0.05, 0.1) is 0 Å². The van der Waals surface area contributed by atoms with Crippen LogP contribution in [0.2, 0.25) is 0 Å². The summed E-state index contributed by atoms with van der Waals surface area (Å²) in [7, 11) is 0. The molecule has 0 spiro atoms. The molecule has 2 N–H and O–H groups in total. The van der Waals surface area contributed by atoms with Crippen molar-refractivity contribution in [2.24, 2.45) is 0 Å². The average molecular weight is 344 g/mol. The Morgan fingerprint density at radius 1 is 1.28 bits per heavy atom. The van der Waals surface area contributed by atoms with Gasteiger partial charge in [-0.25, -0.2) is 14.3 Å². The highest BCUT2D eigenvalue weighted by molar-refractivity contribution is 5.87. The number of fused-ring (bicyclic) bond motifs is 1. The Kier molecular flexibility index (Phi) is 4.43. The first-order chi connectivity index (χ1) is 11.9. The molecule has 1 aromatic heterocycles. The number of aryl methyl sites for hydroxylation is 1. The van der Waals surface area contributed by atoms with Gasteiger partial charge in [-0.15, -0.1) is 0 Å². The number of carboxylic acid groups (broad SMARTS) is 1. The Labute approximate surface area is 144 Å². The minimum absolute atomic E-state index is 0.311. The molecule has 1 aliphatic heterocycles. The molecule has 2 aromatic rings. The molecule has 132 valence electrons. The van der Waals surface area contributed by atoms with Gasteiger partial charge in [0.2, 0.25) is 5.91 Å². The number of nitrogens with zero attached hydrogens (tertiary/aromatic N) is 3. The number of aliphatic carboxylic acids is 1. The van der Waals surface area contributed by atoms with Crippen LogP contribution in [0, 0.1) is 0 Å². The summed E-state index contributed by atoms with van der Waals surface area (Å²) in [6.45, 7) is 1.71. The van der Waals surface area contributed by atoms with Crippen LogP contribution in [0.5, 0.6) is 0 Å². The van der Waals surface area contributed by atoms with Gasteiger partial charge in [0, 0.05) is 13.0 Å². The van der Waals surface area contributed by atoms with Crippen molar-refractivity contribution in [2.45, 2.75) is 44.8 Å². The summed E-state index contributed by atoms with van der Waals surface area (Å²) in [5.74, 6) is -1.08. The summed E-state index contributed by atoms with van der Waals surface area (Å²) in [6.07, 6.45) is 2.59. The number of nitrogens with one attached hydrogen (secondary N) is 1. The summed E-state index contributed by atoms with van der Waals surface area (Å²) < 4.78 is 2.67. The third-order valence-corrected chi connectivity index (χ3v) is 4.49. The van der Waals surface area contributed by atoms with Crippen molar-refractivity contribution in [2.75, 3.05) is 0 Å². The minimum Gasteiger partial charge on any atom is -0.479 e. The van der Waals surface area contributed by atoms with Crippen LogP contribution in [0.4, 0.5) is 0 Å². The van der Waals surface area contributed by atoms with Crippen LogP contribution in [0.25, 0.3) is 0 Å². The van der Waals surface area contributed by atoms with Gasteiger partial charge < -0.3 is 10.4 Å². The van der Waals surface area contributed by atoms with E-state index >= 15 is 0 Å². The molecule has 0 saturated heterocycles. The fourth-order valence-corrected chi connectivity index (χ4v) is 3.03. The zero-order valence-electron chi connectivity index (χ0n) is 13.9. The third kappa shape index (κ3) is 3.19. The second-order valence-corrected chi connectivity index (χ2v) is 6.31. The molecule has 0 fully saturated rings. The Morgan fingerprint density at radius 2 is 2.00 bits per heavy atom. The van der Waals surface area contributed by atoms with E-state index in [1.165, 1.54) is 6.92 Å². The van der Waals surface area contributed by atoms with E-state index in [4.69, 9.17) is 0 Å². The predicted octanol–water partition coefficient (Wildman–Crippen LogP) is 0.497. The van der Waals surface area contributed by atoms with Gasteiger partial charge in [0.1, 0.15) is 12.4 Å². The molecule has 0 bridgehead atoms. The van der Waals surface area contributed by atoms with E-state index in [0.29, 0.717) is 24.4 Å². The topological polar surface area (TPSA) is 106 Å². The molecule has 0 unspecified atom stereocenters. The number of amides is 1. The number of hydrogen-bond acceptors (Lipinski definition) is 4. The molecule has 0 radical (unpaired) electrons. The predicted molar refractivity (Wildman–Crippen MR) is 89.0 cm³/mol. The Bertz CT molecular complexity index is 855. The number of carbonyl (C=O) groups is 2. The van der Waals surface area contributed by atoms with Crippen molar-refractivity contribution in [3.8, 4) is 0 Å². The van der Waals surface area contributed by atoms with Crippen LogP contribution in [0.3, 0.4) is 0 Å². The van der Waals surface area contributed by atoms with Crippen molar-refractivity contribution in [3.05, 3.63) is 52.2 Å². The first kappa shape index (κ1) is 16.9. The zero-order valence-corrected chi connectivity index (χ0v) is 13.9. The lowest BCUT2D eigenvalue weighted by molar-refractivity contribution is -0.147. The maximum atomic E-state index is 12.4. The fraction of sp³-hybridized carbons (Fsp3) is 0.412. The van der Waals surface area contributed by atoms with E-state index in [1.54, 1.807) is 34.9 Å². The number of carbonyl (C=O) groups excluding carboxylic acids is 1. The molecule has 2 heterocycles. The van der Waals surface area contributed by atoms with Gasteiger partial charge in [-0.2, -0.15) is 5.10 Å². The molecule has 3 rings (SSSR count).